The Morgan fingerprint density at radius 3 is 2.45 bits per heavy atom. The average Bonchev–Trinajstić information content (AvgIpc) is 2.41. The van der Waals surface area contributed by atoms with Crippen molar-refractivity contribution in [3.63, 3.8) is 0 Å². The van der Waals surface area contributed by atoms with E-state index in [1.807, 2.05) is 13.0 Å². The average molecular weight is 296 g/mol. The van der Waals surface area contributed by atoms with Crippen molar-refractivity contribution in [3.8, 4) is 11.1 Å². The first-order valence-corrected chi connectivity index (χ1v) is 6.86. The molecule has 2 aromatic carbocycles. The molecule has 0 amide bonds. The number of aryl methyl sites for hydroxylation is 1. The molecule has 0 atom stereocenters. The molecule has 2 aromatic rings. The molecule has 0 heterocycles. The van der Waals surface area contributed by atoms with E-state index in [9.17, 15) is 8.78 Å². The molecule has 20 heavy (non-hydrogen) atoms. The summed E-state index contributed by atoms with van der Waals surface area (Å²) in [5.41, 5.74) is 1.98. The zero-order valence-electron chi connectivity index (χ0n) is 11.4. The Morgan fingerprint density at radius 1 is 1.05 bits per heavy atom. The number of halogens is 3. The number of rotatable bonds is 4. The number of nitrogens with one attached hydrogen (secondary N) is 1. The molecule has 0 aliphatic rings. The highest BCUT2D eigenvalue weighted by Crippen LogP contribution is 2.32. The van der Waals surface area contributed by atoms with E-state index >= 15 is 0 Å². The topological polar surface area (TPSA) is 12.0 Å². The lowest BCUT2D eigenvalue weighted by molar-refractivity contribution is 0.595. The summed E-state index contributed by atoms with van der Waals surface area (Å²) in [5, 5.41) is 3.61. The van der Waals surface area contributed by atoms with Crippen LogP contribution >= 0.6 is 11.6 Å². The molecule has 0 fully saturated rings. The van der Waals surface area contributed by atoms with Crippen molar-refractivity contribution < 1.29 is 8.78 Å². The summed E-state index contributed by atoms with van der Waals surface area (Å²) in [6.07, 6.45) is 0. The van der Waals surface area contributed by atoms with Crippen molar-refractivity contribution in [1.82, 2.24) is 5.32 Å². The van der Waals surface area contributed by atoms with Crippen LogP contribution in [0.4, 0.5) is 8.78 Å². The fourth-order valence-corrected chi connectivity index (χ4v) is 2.31. The summed E-state index contributed by atoms with van der Waals surface area (Å²) in [6.45, 7) is 5.10. The highest BCUT2D eigenvalue weighted by atomic mass is 35.5. The third-order valence-corrected chi connectivity index (χ3v) is 3.46. The Kier molecular flexibility index (Phi) is 4.73. The van der Waals surface area contributed by atoms with Gasteiger partial charge in [0.05, 0.1) is 0 Å². The summed E-state index contributed by atoms with van der Waals surface area (Å²) >= 11 is 6.19. The third kappa shape index (κ3) is 3.17. The molecule has 0 bridgehead atoms. The maximum Gasteiger partial charge on any atom is 0.131 e. The van der Waals surface area contributed by atoms with E-state index in [1.54, 1.807) is 12.1 Å². The van der Waals surface area contributed by atoms with E-state index in [1.165, 1.54) is 19.1 Å². The Morgan fingerprint density at radius 2 is 1.80 bits per heavy atom. The quantitative estimate of drug-likeness (QED) is 0.862. The molecule has 0 spiro atoms. The lowest BCUT2D eigenvalue weighted by Crippen LogP contribution is -2.11. The fraction of sp³-hybridized carbons (Fsp3) is 0.250. The molecule has 106 valence electrons. The maximum atomic E-state index is 14.0. The zero-order valence-corrected chi connectivity index (χ0v) is 12.2. The van der Waals surface area contributed by atoms with Crippen LogP contribution in [0.2, 0.25) is 5.02 Å². The van der Waals surface area contributed by atoms with Gasteiger partial charge in [-0.3, -0.25) is 0 Å². The van der Waals surface area contributed by atoms with Gasteiger partial charge in [0, 0.05) is 22.7 Å². The summed E-state index contributed by atoms with van der Waals surface area (Å²) in [7, 11) is 0. The Bertz CT molecular complexity index is 626. The minimum atomic E-state index is -0.467. The van der Waals surface area contributed by atoms with Crippen LogP contribution in [0.3, 0.4) is 0 Å². The van der Waals surface area contributed by atoms with Gasteiger partial charge in [0.2, 0.25) is 0 Å². The van der Waals surface area contributed by atoms with Gasteiger partial charge in [-0.25, -0.2) is 8.78 Å². The first-order valence-electron chi connectivity index (χ1n) is 6.48. The standard InChI is InChI=1S/C16H16ClF2N/c1-3-20-9-11-4-5-12(14(17)7-11)13-8-15(18)10(2)6-16(13)19/h4-8,20H,3,9H2,1-2H3. The van der Waals surface area contributed by atoms with Crippen LogP contribution in [0.1, 0.15) is 18.1 Å². The van der Waals surface area contributed by atoms with E-state index in [2.05, 4.69) is 5.32 Å². The van der Waals surface area contributed by atoms with Crippen LogP contribution in [0.15, 0.2) is 30.3 Å². The van der Waals surface area contributed by atoms with Crippen molar-refractivity contribution >= 4 is 11.6 Å². The van der Waals surface area contributed by atoms with Crippen LogP contribution in [0, 0.1) is 18.6 Å². The van der Waals surface area contributed by atoms with Gasteiger partial charge in [-0.2, -0.15) is 0 Å². The molecule has 0 saturated carbocycles. The summed E-state index contributed by atoms with van der Waals surface area (Å²) in [6, 6.07) is 7.74. The second-order valence-electron chi connectivity index (χ2n) is 4.68. The van der Waals surface area contributed by atoms with Crippen LogP contribution in [0.5, 0.6) is 0 Å². The summed E-state index contributed by atoms with van der Waals surface area (Å²) in [4.78, 5) is 0. The first kappa shape index (κ1) is 14.9. The Labute approximate surface area is 122 Å². The molecular weight excluding hydrogens is 280 g/mol. The molecule has 0 aliphatic heterocycles. The van der Waals surface area contributed by atoms with Crippen LogP contribution in [-0.4, -0.2) is 6.54 Å². The van der Waals surface area contributed by atoms with Crippen molar-refractivity contribution in [3.05, 3.63) is 58.1 Å². The second-order valence-corrected chi connectivity index (χ2v) is 5.08. The molecule has 0 unspecified atom stereocenters. The van der Waals surface area contributed by atoms with E-state index in [-0.39, 0.29) is 11.1 Å². The molecule has 2 rings (SSSR count). The van der Waals surface area contributed by atoms with Crippen LogP contribution < -0.4 is 5.32 Å². The van der Waals surface area contributed by atoms with Gasteiger partial charge in [0.1, 0.15) is 11.6 Å². The van der Waals surface area contributed by atoms with Crippen molar-refractivity contribution in [2.24, 2.45) is 0 Å². The molecular formula is C16H16ClF2N. The predicted octanol–water partition coefficient (Wildman–Crippen LogP) is 4.70. The zero-order chi connectivity index (χ0) is 14.7. The van der Waals surface area contributed by atoms with Gasteiger partial charge < -0.3 is 5.32 Å². The number of hydrogen-bond donors (Lipinski definition) is 1. The summed E-state index contributed by atoms with van der Waals surface area (Å²) < 4.78 is 27.6. The SMILES string of the molecule is CCNCc1ccc(-c2cc(F)c(C)cc2F)c(Cl)c1. The normalized spacial score (nSPS) is 10.8. The second kappa shape index (κ2) is 6.33. The monoisotopic (exact) mass is 295 g/mol. The number of benzene rings is 2. The smallest absolute Gasteiger partial charge is 0.131 e. The lowest BCUT2D eigenvalue weighted by Gasteiger charge is -2.10. The fourth-order valence-electron chi connectivity index (χ4n) is 2.01. The minimum absolute atomic E-state index is 0.188. The molecule has 0 saturated heterocycles. The molecule has 1 N–H and O–H groups in total. The number of hydrogen-bond acceptors (Lipinski definition) is 1. The van der Waals surface area contributed by atoms with Crippen molar-refractivity contribution in [1.29, 1.82) is 0 Å². The largest absolute Gasteiger partial charge is 0.313 e. The molecule has 0 radical (unpaired) electrons. The summed E-state index contributed by atoms with van der Waals surface area (Å²) in [5.74, 6) is -0.903. The van der Waals surface area contributed by atoms with Gasteiger partial charge in [-0.1, -0.05) is 30.7 Å². The molecule has 0 aliphatic carbocycles. The van der Waals surface area contributed by atoms with Crippen molar-refractivity contribution in [2.75, 3.05) is 6.54 Å². The lowest BCUT2D eigenvalue weighted by atomic mass is 10.0. The maximum absolute atomic E-state index is 14.0. The van der Waals surface area contributed by atoms with Gasteiger partial charge in [-0.15, -0.1) is 0 Å². The van der Waals surface area contributed by atoms with Crippen LogP contribution in [0.25, 0.3) is 11.1 Å². The van der Waals surface area contributed by atoms with Crippen molar-refractivity contribution in [2.45, 2.75) is 20.4 Å². The van der Waals surface area contributed by atoms with Crippen LogP contribution in [-0.2, 0) is 6.54 Å². The Hall–Kier alpha value is -1.45. The third-order valence-electron chi connectivity index (χ3n) is 3.15. The predicted molar refractivity (Wildman–Crippen MR) is 78.9 cm³/mol. The van der Waals surface area contributed by atoms with Gasteiger partial charge in [0.15, 0.2) is 0 Å². The molecule has 0 aromatic heterocycles. The van der Waals surface area contributed by atoms with E-state index in [0.29, 0.717) is 17.1 Å². The van der Waals surface area contributed by atoms with Gasteiger partial charge in [-0.05, 0) is 42.8 Å². The highest BCUT2D eigenvalue weighted by molar-refractivity contribution is 6.33. The van der Waals surface area contributed by atoms with Gasteiger partial charge in [0.25, 0.3) is 0 Å². The molecule has 1 nitrogen and oxygen atoms in total. The van der Waals surface area contributed by atoms with E-state index in [0.717, 1.165) is 12.1 Å². The Balaban J connectivity index is 2.41. The van der Waals surface area contributed by atoms with E-state index < -0.39 is 11.6 Å². The van der Waals surface area contributed by atoms with Gasteiger partial charge >= 0.3 is 0 Å². The van der Waals surface area contributed by atoms with E-state index in [4.69, 9.17) is 11.6 Å². The first-order chi connectivity index (χ1) is 9.52. The highest BCUT2D eigenvalue weighted by Gasteiger charge is 2.12. The molecule has 4 heteroatoms. The minimum Gasteiger partial charge on any atom is -0.313 e.